The monoisotopic (exact) mass is 320 g/mol. The van der Waals surface area contributed by atoms with Gasteiger partial charge in [0.2, 0.25) is 0 Å². The smallest absolute Gasteiger partial charge is 0.315 e. The first-order valence-corrected chi connectivity index (χ1v) is 7.82. The summed E-state index contributed by atoms with van der Waals surface area (Å²) in [5, 5.41) is 9.39. The summed E-state index contributed by atoms with van der Waals surface area (Å²) in [6.07, 6.45) is 7.51. The number of carbonyl (C=O) groups is 1. The van der Waals surface area contributed by atoms with Crippen LogP contribution in [0.3, 0.4) is 0 Å². The highest BCUT2D eigenvalue weighted by molar-refractivity contribution is 5.84. The maximum Gasteiger partial charge on any atom is 0.315 e. The van der Waals surface area contributed by atoms with Gasteiger partial charge in [0.25, 0.3) is 5.56 Å². The minimum atomic E-state index is -0.924. The molecule has 0 amide bonds. The number of aromatic nitrogens is 2. The molecule has 2 unspecified atom stereocenters. The number of carboxylic acid groups (broad SMARTS) is 1. The maximum atomic E-state index is 12.7. The number of benzene rings is 1. The molecule has 2 aliphatic rings. The summed E-state index contributed by atoms with van der Waals surface area (Å²) < 4.78 is 1.53. The van der Waals surface area contributed by atoms with Crippen molar-refractivity contribution in [1.82, 2.24) is 9.55 Å². The number of carboxylic acids is 1. The van der Waals surface area contributed by atoms with Gasteiger partial charge >= 0.3 is 5.97 Å². The van der Waals surface area contributed by atoms with Crippen molar-refractivity contribution in [3.05, 3.63) is 69.4 Å². The summed E-state index contributed by atoms with van der Waals surface area (Å²) in [4.78, 5) is 28.7. The van der Waals surface area contributed by atoms with Crippen LogP contribution in [0.5, 0.6) is 0 Å². The average molecular weight is 320 g/mol. The molecule has 2 aromatic rings. The molecule has 120 valence electrons. The van der Waals surface area contributed by atoms with Crippen LogP contribution in [0, 0.1) is 12.3 Å². The van der Waals surface area contributed by atoms with E-state index in [1.54, 1.807) is 19.1 Å². The van der Waals surface area contributed by atoms with Gasteiger partial charge in [-0.1, -0.05) is 42.5 Å². The Kier molecular flexibility index (Phi) is 3.06. The molecule has 2 heterocycles. The van der Waals surface area contributed by atoms with Crippen LogP contribution in [0.4, 0.5) is 0 Å². The lowest BCUT2D eigenvalue weighted by molar-refractivity contribution is -0.141. The summed E-state index contributed by atoms with van der Waals surface area (Å²) >= 11 is 0. The second-order valence-corrected chi connectivity index (χ2v) is 6.30. The molecule has 1 N–H and O–H groups in total. The van der Waals surface area contributed by atoms with E-state index in [2.05, 4.69) is 4.98 Å². The lowest BCUT2D eigenvalue weighted by Crippen LogP contribution is -2.31. The molecule has 1 aromatic heterocycles. The Morgan fingerprint density at radius 1 is 1.33 bits per heavy atom. The van der Waals surface area contributed by atoms with Gasteiger partial charge in [0, 0.05) is 5.56 Å². The van der Waals surface area contributed by atoms with Gasteiger partial charge in [-0.05, 0) is 31.1 Å². The Hall–Kier alpha value is -2.95. The summed E-state index contributed by atoms with van der Waals surface area (Å²) in [6.45, 7) is 1.73. The summed E-state index contributed by atoms with van der Waals surface area (Å²) in [7, 11) is 0. The Balaban J connectivity index is 1.77. The zero-order chi connectivity index (χ0) is 16.9. The Morgan fingerprint density at radius 2 is 2.08 bits per heavy atom. The van der Waals surface area contributed by atoms with Gasteiger partial charge in [0.1, 0.15) is 11.2 Å². The molecule has 1 aliphatic heterocycles. The summed E-state index contributed by atoms with van der Waals surface area (Å²) in [6, 6.07) is 9.47. The highest BCUT2D eigenvalue weighted by atomic mass is 16.4. The first-order chi connectivity index (χ1) is 11.5. The first kappa shape index (κ1) is 14.6. The molecule has 1 aliphatic carbocycles. The molecule has 5 heteroatoms. The molecule has 0 saturated heterocycles. The molecule has 0 radical (unpaired) electrons. The van der Waals surface area contributed by atoms with E-state index in [1.165, 1.54) is 4.57 Å². The predicted octanol–water partition coefficient (Wildman–Crippen LogP) is 2.76. The van der Waals surface area contributed by atoms with Crippen LogP contribution < -0.4 is 5.56 Å². The highest BCUT2D eigenvalue weighted by Gasteiger charge is 2.62. The van der Waals surface area contributed by atoms with Crippen molar-refractivity contribution in [2.24, 2.45) is 5.41 Å². The molecule has 24 heavy (non-hydrogen) atoms. The number of rotatable bonds is 3. The first-order valence-electron chi connectivity index (χ1n) is 7.82. The van der Waals surface area contributed by atoms with Crippen molar-refractivity contribution in [3.63, 3.8) is 0 Å². The largest absolute Gasteiger partial charge is 0.481 e. The summed E-state index contributed by atoms with van der Waals surface area (Å²) in [5.74, 6) is -0.357. The van der Waals surface area contributed by atoms with Crippen molar-refractivity contribution in [1.29, 1.82) is 0 Å². The van der Waals surface area contributed by atoms with Crippen LogP contribution in [0.1, 0.15) is 35.1 Å². The number of nitrogens with zero attached hydrogens (tertiary/aromatic N) is 2. The maximum absolute atomic E-state index is 12.7. The Morgan fingerprint density at radius 3 is 2.79 bits per heavy atom. The van der Waals surface area contributed by atoms with Gasteiger partial charge in [0.05, 0.1) is 11.7 Å². The molecule has 0 spiro atoms. The topological polar surface area (TPSA) is 72.2 Å². The van der Waals surface area contributed by atoms with Gasteiger partial charge in [-0.3, -0.25) is 14.2 Å². The number of fused-ring (bicyclic) bond motifs is 3. The molecule has 4 rings (SSSR count). The zero-order valence-corrected chi connectivity index (χ0v) is 13.1. The van der Waals surface area contributed by atoms with Crippen LogP contribution in [0.25, 0.3) is 18.2 Å². The average Bonchev–Trinajstić information content (AvgIpc) is 3.33. The number of aliphatic carboxylic acids is 1. The van der Waals surface area contributed by atoms with Crippen molar-refractivity contribution in [2.75, 3.05) is 0 Å². The van der Waals surface area contributed by atoms with Crippen LogP contribution in [0.2, 0.25) is 0 Å². The highest BCUT2D eigenvalue weighted by Crippen LogP contribution is 2.59. The van der Waals surface area contributed by atoms with E-state index in [0.29, 0.717) is 23.5 Å². The van der Waals surface area contributed by atoms with Crippen LogP contribution in [-0.2, 0) is 4.79 Å². The lowest BCUT2D eigenvalue weighted by Gasteiger charge is -2.18. The molecule has 2 atom stereocenters. The van der Waals surface area contributed by atoms with Gasteiger partial charge < -0.3 is 5.11 Å². The number of hydrogen-bond donors (Lipinski definition) is 1. The zero-order valence-electron chi connectivity index (χ0n) is 13.1. The predicted molar refractivity (Wildman–Crippen MR) is 91.4 cm³/mol. The van der Waals surface area contributed by atoms with Crippen molar-refractivity contribution >= 4 is 24.2 Å². The molecular formula is C19H16N2O3. The van der Waals surface area contributed by atoms with Gasteiger partial charge in [0.15, 0.2) is 0 Å². The van der Waals surface area contributed by atoms with Crippen molar-refractivity contribution in [3.8, 4) is 0 Å². The molecule has 1 saturated carbocycles. The fourth-order valence-corrected chi connectivity index (χ4v) is 3.26. The van der Waals surface area contributed by atoms with E-state index in [4.69, 9.17) is 0 Å². The Labute approximate surface area is 138 Å². The fourth-order valence-electron chi connectivity index (χ4n) is 3.26. The second-order valence-electron chi connectivity index (χ2n) is 6.30. The van der Waals surface area contributed by atoms with Gasteiger partial charge in [-0.2, -0.15) is 0 Å². The van der Waals surface area contributed by atoms with Gasteiger partial charge in [-0.15, -0.1) is 0 Å². The van der Waals surface area contributed by atoms with E-state index in [9.17, 15) is 14.7 Å². The quantitative estimate of drug-likeness (QED) is 0.944. The van der Waals surface area contributed by atoms with E-state index >= 15 is 0 Å². The van der Waals surface area contributed by atoms with Crippen LogP contribution in [0.15, 0.2) is 41.2 Å². The van der Waals surface area contributed by atoms with E-state index in [-0.39, 0.29) is 11.6 Å². The molecule has 1 aromatic carbocycles. The third kappa shape index (κ3) is 2.05. The molecular weight excluding hydrogens is 304 g/mol. The van der Waals surface area contributed by atoms with E-state index < -0.39 is 11.4 Å². The normalized spacial score (nSPS) is 23.8. The number of hydrogen-bond acceptors (Lipinski definition) is 3. The minimum absolute atomic E-state index is 0.162. The molecule has 1 fully saturated rings. The standard InChI is InChI=1S/C19H16N2O3/c1-12-14(8-7-13-5-3-2-4-6-13)20-16-9-10-19(18(23)24)11-15(19)21(16)17(12)22/h2-10,15H,11H2,1H3,(H,23,24)/b8-7+. The second kappa shape index (κ2) is 5.03. The van der Waals surface area contributed by atoms with Crippen molar-refractivity contribution < 1.29 is 9.90 Å². The molecule has 5 nitrogen and oxygen atoms in total. The lowest BCUT2D eigenvalue weighted by atomic mass is 10.0. The fraction of sp³-hybridized carbons (Fsp3) is 0.211. The van der Waals surface area contributed by atoms with Gasteiger partial charge in [-0.25, -0.2) is 4.98 Å². The van der Waals surface area contributed by atoms with E-state index in [0.717, 1.165) is 5.56 Å². The Bertz CT molecular complexity index is 957. The minimum Gasteiger partial charge on any atom is -0.481 e. The van der Waals surface area contributed by atoms with Crippen LogP contribution in [-0.4, -0.2) is 20.6 Å². The SMILES string of the molecule is Cc1c(/C=C/c2ccccc2)nc2n(c1=O)C1CC1(C(=O)O)C=C2. The third-order valence-electron chi connectivity index (χ3n) is 4.84. The van der Waals surface area contributed by atoms with Crippen molar-refractivity contribution in [2.45, 2.75) is 19.4 Å². The summed E-state index contributed by atoms with van der Waals surface area (Å²) in [5.41, 5.74) is 1.09. The van der Waals surface area contributed by atoms with E-state index in [1.807, 2.05) is 42.5 Å². The van der Waals surface area contributed by atoms with Crippen LogP contribution >= 0.6 is 0 Å². The molecule has 0 bridgehead atoms. The third-order valence-corrected chi connectivity index (χ3v) is 4.84.